The molecule has 0 aliphatic carbocycles. The average molecular weight is 343 g/mol. The fourth-order valence-electron chi connectivity index (χ4n) is 2.02. The van der Waals surface area contributed by atoms with Gasteiger partial charge in [-0.25, -0.2) is 9.67 Å². The molecule has 0 fully saturated rings. The summed E-state index contributed by atoms with van der Waals surface area (Å²) >= 11 is 3.56. The first-order chi connectivity index (χ1) is 10.2. The van der Waals surface area contributed by atoms with Crippen LogP contribution < -0.4 is 5.32 Å². The van der Waals surface area contributed by atoms with Gasteiger partial charge in [-0.2, -0.15) is 5.10 Å². The van der Waals surface area contributed by atoms with E-state index in [0.29, 0.717) is 0 Å². The molecule has 106 valence electrons. The second kappa shape index (κ2) is 6.10. The molecule has 0 amide bonds. The van der Waals surface area contributed by atoms with E-state index < -0.39 is 0 Å². The minimum atomic E-state index is 0.793. The highest BCUT2D eigenvalue weighted by Crippen LogP contribution is 2.19. The molecule has 0 bridgehead atoms. The van der Waals surface area contributed by atoms with Crippen LogP contribution in [0.4, 0.5) is 5.69 Å². The van der Waals surface area contributed by atoms with Gasteiger partial charge in [0.1, 0.15) is 12.7 Å². The third kappa shape index (κ3) is 3.31. The molecule has 1 heterocycles. The number of halogens is 1. The first-order valence-corrected chi connectivity index (χ1v) is 7.45. The molecule has 0 saturated heterocycles. The topological polar surface area (TPSA) is 42.7 Å². The molecule has 3 aromatic rings. The molecular weight excluding hydrogens is 328 g/mol. The fraction of sp³-hybridized carbons (Fsp3) is 0.125. The molecule has 21 heavy (non-hydrogen) atoms. The lowest BCUT2D eigenvalue weighted by molar-refractivity contribution is 0.879. The number of benzene rings is 2. The lowest BCUT2D eigenvalue weighted by Crippen LogP contribution is -2.00. The molecule has 1 aromatic heterocycles. The van der Waals surface area contributed by atoms with Crippen LogP contribution in [0, 0.1) is 6.92 Å². The second-order valence-corrected chi connectivity index (χ2v) is 5.68. The molecule has 0 unspecified atom stereocenters. The van der Waals surface area contributed by atoms with Gasteiger partial charge in [0, 0.05) is 16.7 Å². The Labute approximate surface area is 132 Å². The minimum Gasteiger partial charge on any atom is -0.381 e. The van der Waals surface area contributed by atoms with E-state index in [9.17, 15) is 0 Å². The number of nitrogens with zero attached hydrogens (tertiary/aromatic N) is 3. The van der Waals surface area contributed by atoms with E-state index in [2.05, 4.69) is 56.5 Å². The highest BCUT2D eigenvalue weighted by molar-refractivity contribution is 9.10. The molecule has 0 radical (unpaired) electrons. The Kier molecular flexibility index (Phi) is 4.01. The first kappa shape index (κ1) is 13.8. The number of anilines is 1. The molecule has 3 rings (SSSR count). The lowest BCUT2D eigenvalue weighted by atomic mass is 10.1. The summed E-state index contributed by atoms with van der Waals surface area (Å²) in [6, 6.07) is 14.5. The van der Waals surface area contributed by atoms with Gasteiger partial charge in [-0.3, -0.25) is 0 Å². The molecule has 0 aliphatic rings. The third-order valence-electron chi connectivity index (χ3n) is 3.28. The molecular formula is C16H15BrN4. The third-order valence-corrected chi connectivity index (χ3v) is 4.14. The van der Waals surface area contributed by atoms with Crippen LogP contribution >= 0.6 is 15.9 Å². The number of aryl methyl sites for hydroxylation is 1. The quantitative estimate of drug-likeness (QED) is 0.780. The smallest absolute Gasteiger partial charge is 0.138 e. The van der Waals surface area contributed by atoms with Crippen LogP contribution in [0.2, 0.25) is 0 Å². The van der Waals surface area contributed by atoms with Crippen LogP contribution in [-0.2, 0) is 6.54 Å². The SMILES string of the molecule is Cc1ccc(CNc2ccc(-n3cncn3)cc2)cc1Br. The van der Waals surface area contributed by atoms with Crippen molar-refractivity contribution >= 4 is 21.6 Å². The summed E-state index contributed by atoms with van der Waals surface area (Å²) in [6.45, 7) is 2.88. The Morgan fingerprint density at radius 1 is 1.14 bits per heavy atom. The summed E-state index contributed by atoms with van der Waals surface area (Å²) in [7, 11) is 0. The van der Waals surface area contributed by atoms with Crippen LogP contribution in [0.25, 0.3) is 5.69 Å². The molecule has 4 nitrogen and oxygen atoms in total. The Morgan fingerprint density at radius 2 is 1.95 bits per heavy atom. The van der Waals surface area contributed by atoms with Gasteiger partial charge >= 0.3 is 0 Å². The largest absolute Gasteiger partial charge is 0.381 e. The Balaban J connectivity index is 1.66. The minimum absolute atomic E-state index is 0.793. The highest BCUT2D eigenvalue weighted by atomic mass is 79.9. The lowest BCUT2D eigenvalue weighted by Gasteiger charge is -2.09. The zero-order valence-electron chi connectivity index (χ0n) is 11.6. The maximum absolute atomic E-state index is 4.11. The molecule has 0 saturated carbocycles. The number of hydrogen-bond acceptors (Lipinski definition) is 3. The first-order valence-electron chi connectivity index (χ1n) is 6.66. The molecule has 5 heteroatoms. The standard InChI is InChI=1S/C16H15BrN4/c1-12-2-3-13(8-16(12)17)9-19-14-4-6-15(7-5-14)21-11-18-10-20-21/h2-8,10-11,19H,9H2,1H3. The monoisotopic (exact) mass is 342 g/mol. The highest BCUT2D eigenvalue weighted by Gasteiger charge is 2.00. The van der Waals surface area contributed by atoms with Crippen LogP contribution in [-0.4, -0.2) is 14.8 Å². The summed E-state index contributed by atoms with van der Waals surface area (Å²) in [4.78, 5) is 3.94. The number of hydrogen-bond donors (Lipinski definition) is 1. The molecule has 0 spiro atoms. The molecule has 0 atom stereocenters. The van der Waals surface area contributed by atoms with Gasteiger partial charge in [-0.1, -0.05) is 28.1 Å². The summed E-state index contributed by atoms with van der Waals surface area (Å²) < 4.78 is 2.88. The van der Waals surface area contributed by atoms with Crippen molar-refractivity contribution in [3.05, 3.63) is 70.7 Å². The van der Waals surface area contributed by atoms with Crippen molar-refractivity contribution in [1.82, 2.24) is 14.8 Å². The summed E-state index contributed by atoms with van der Waals surface area (Å²) in [5.74, 6) is 0. The van der Waals surface area contributed by atoms with Gasteiger partial charge in [0.25, 0.3) is 0 Å². The predicted octanol–water partition coefficient (Wildman–Crippen LogP) is 3.95. The van der Waals surface area contributed by atoms with Crippen molar-refractivity contribution in [2.24, 2.45) is 0 Å². The van der Waals surface area contributed by atoms with Crippen molar-refractivity contribution < 1.29 is 0 Å². The van der Waals surface area contributed by atoms with E-state index in [1.54, 1.807) is 11.0 Å². The van der Waals surface area contributed by atoms with E-state index in [4.69, 9.17) is 0 Å². The number of rotatable bonds is 4. The Morgan fingerprint density at radius 3 is 2.62 bits per heavy atom. The van der Waals surface area contributed by atoms with E-state index >= 15 is 0 Å². The predicted molar refractivity (Wildman–Crippen MR) is 87.6 cm³/mol. The average Bonchev–Trinajstić information content (AvgIpc) is 3.03. The van der Waals surface area contributed by atoms with Crippen LogP contribution in [0.3, 0.4) is 0 Å². The maximum atomic E-state index is 4.11. The Bertz CT molecular complexity index is 721. The zero-order valence-corrected chi connectivity index (χ0v) is 13.2. The number of aromatic nitrogens is 3. The van der Waals surface area contributed by atoms with Gasteiger partial charge < -0.3 is 5.32 Å². The van der Waals surface area contributed by atoms with E-state index in [0.717, 1.165) is 22.4 Å². The van der Waals surface area contributed by atoms with Crippen LogP contribution in [0.1, 0.15) is 11.1 Å². The molecule has 1 N–H and O–H groups in total. The van der Waals surface area contributed by atoms with Crippen LogP contribution in [0.5, 0.6) is 0 Å². The zero-order chi connectivity index (χ0) is 14.7. The van der Waals surface area contributed by atoms with Gasteiger partial charge in [0.05, 0.1) is 5.69 Å². The van der Waals surface area contributed by atoms with Gasteiger partial charge in [0.15, 0.2) is 0 Å². The second-order valence-electron chi connectivity index (χ2n) is 4.82. The number of nitrogens with one attached hydrogen (secondary N) is 1. The summed E-state index contributed by atoms with van der Waals surface area (Å²) in [5.41, 5.74) is 4.57. The van der Waals surface area contributed by atoms with Crippen LogP contribution in [0.15, 0.2) is 59.6 Å². The van der Waals surface area contributed by atoms with Gasteiger partial charge in [-0.15, -0.1) is 0 Å². The van der Waals surface area contributed by atoms with E-state index in [1.807, 2.05) is 24.3 Å². The van der Waals surface area contributed by atoms with Crippen molar-refractivity contribution in [2.45, 2.75) is 13.5 Å². The van der Waals surface area contributed by atoms with Gasteiger partial charge in [-0.05, 0) is 48.4 Å². The van der Waals surface area contributed by atoms with Gasteiger partial charge in [0.2, 0.25) is 0 Å². The fourth-order valence-corrected chi connectivity index (χ4v) is 2.45. The molecule has 2 aromatic carbocycles. The summed E-state index contributed by atoms with van der Waals surface area (Å²) in [6.07, 6.45) is 3.22. The molecule has 0 aliphatic heterocycles. The van der Waals surface area contributed by atoms with E-state index in [1.165, 1.54) is 17.5 Å². The van der Waals surface area contributed by atoms with Crippen molar-refractivity contribution in [2.75, 3.05) is 5.32 Å². The van der Waals surface area contributed by atoms with E-state index in [-0.39, 0.29) is 0 Å². The van der Waals surface area contributed by atoms with Crippen molar-refractivity contribution in [3.8, 4) is 5.69 Å². The normalized spacial score (nSPS) is 10.6. The summed E-state index contributed by atoms with van der Waals surface area (Å²) in [5, 5.41) is 7.52. The maximum Gasteiger partial charge on any atom is 0.138 e. The van der Waals surface area contributed by atoms with Crippen molar-refractivity contribution in [1.29, 1.82) is 0 Å². The van der Waals surface area contributed by atoms with Crippen molar-refractivity contribution in [3.63, 3.8) is 0 Å². The Hall–Kier alpha value is -2.14.